The Bertz CT molecular complexity index is 1790. The smallest absolute Gasteiger partial charge is 0.272 e. The van der Waals surface area contributed by atoms with Gasteiger partial charge in [0.15, 0.2) is 0 Å². The molecule has 0 spiro atoms. The van der Waals surface area contributed by atoms with E-state index < -0.39 is 5.91 Å². The van der Waals surface area contributed by atoms with Gasteiger partial charge in [-0.2, -0.15) is 5.10 Å². The van der Waals surface area contributed by atoms with E-state index in [0.29, 0.717) is 59.8 Å². The number of hydrazone groups is 1. The molecule has 4 aromatic carbocycles. The topological polar surface area (TPSA) is 83.4 Å². The number of carbonyl (C=O) groups is 2. The summed E-state index contributed by atoms with van der Waals surface area (Å²) in [4.78, 5) is 30.6. The monoisotopic (exact) mass is 586 g/mol. The van der Waals surface area contributed by atoms with Crippen molar-refractivity contribution >= 4 is 68.9 Å². The van der Waals surface area contributed by atoms with Gasteiger partial charge in [-0.05, 0) is 79.2 Å². The second-order valence-electron chi connectivity index (χ2n) is 8.88. The molecule has 0 saturated carbocycles. The molecule has 1 heterocycles. The first-order valence-electron chi connectivity index (χ1n) is 12.2. The lowest BCUT2D eigenvalue weighted by Crippen LogP contribution is -2.20. The van der Waals surface area contributed by atoms with Crippen molar-refractivity contribution in [2.24, 2.45) is 5.10 Å². The summed E-state index contributed by atoms with van der Waals surface area (Å²) in [7, 11) is 0. The van der Waals surface area contributed by atoms with E-state index in [-0.39, 0.29) is 5.91 Å². The number of benzene rings is 4. The van der Waals surface area contributed by atoms with Crippen LogP contribution in [0.5, 0.6) is 0 Å². The number of hydrogen-bond acceptors (Lipinski definition) is 4. The first kappa shape index (κ1) is 27.3. The normalized spacial score (nSPS) is 11.3. The summed E-state index contributed by atoms with van der Waals surface area (Å²) in [5, 5.41) is 9.35. The maximum Gasteiger partial charge on any atom is 0.272 e. The van der Waals surface area contributed by atoms with Crippen LogP contribution in [-0.4, -0.2) is 22.5 Å². The summed E-state index contributed by atoms with van der Waals surface area (Å²) in [6, 6.07) is 28.0. The highest BCUT2D eigenvalue weighted by Gasteiger charge is 2.16. The van der Waals surface area contributed by atoms with Gasteiger partial charge in [0.1, 0.15) is 0 Å². The van der Waals surface area contributed by atoms with Gasteiger partial charge in [0.2, 0.25) is 0 Å². The molecule has 2 amide bonds. The number of aromatic nitrogens is 1. The number of nitrogens with one attached hydrogen (secondary N) is 2. The number of nitrogens with zero attached hydrogens (tertiary/aromatic N) is 2. The summed E-state index contributed by atoms with van der Waals surface area (Å²) >= 11 is 18.4. The van der Waals surface area contributed by atoms with Crippen LogP contribution in [0.25, 0.3) is 22.2 Å². The Kier molecular flexibility index (Phi) is 8.12. The van der Waals surface area contributed by atoms with E-state index in [1.54, 1.807) is 73.7 Å². The van der Waals surface area contributed by atoms with Crippen LogP contribution in [-0.2, 0) is 0 Å². The second kappa shape index (κ2) is 11.9. The molecule has 0 saturated heterocycles. The van der Waals surface area contributed by atoms with E-state index in [4.69, 9.17) is 39.8 Å². The molecule has 6 nitrogen and oxygen atoms in total. The van der Waals surface area contributed by atoms with Crippen LogP contribution in [0, 0.1) is 0 Å². The van der Waals surface area contributed by atoms with Gasteiger partial charge in [0.05, 0.1) is 27.5 Å². The number of anilines is 1. The Morgan fingerprint density at radius 3 is 2.27 bits per heavy atom. The van der Waals surface area contributed by atoms with Gasteiger partial charge in [-0.25, -0.2) is 10.4 Å². The van der Waals surface area contributed by atoms with Gasteiger partial charge in [-0.15, -0.1) is 0 Å². The molecule has 198 valence electrons. The third-order valence-corrected chi connectivity index (χ3v) is 6.94. The van der Waals surface area contributed by atoms with Crippen LogP contribution >= 0.6 is 34.8 Å². The fraction of sp³-hybridized carbons (Fsp3) is 0.0323. The van der Waals surface area contributed by atoms with E-state index in [2.05, 4.69) is 15.8 Å². The van der Waals surface area contributed by atoms with Gasteiger partial charge in [-0.3, -0.25) is 9.59 Å². The third kappa shape index (κ3) is 6.15. The molecule has 0 aliphatic heterocycles. The molecular weight excluding hydrogens is 567 g/mol. The van der Waals surface area contributed by atoms with Gasteiger partial charge in [-0.1, -0.05) is 65.1 Å². The molecule has 5 aromatic rings. The van der Waals surface area contributed by atoms with Crippen molar-refractivity contribution in [2.75, 3.05) is 5.32 Å². The number of fused-ring (bicyclic) bond motifs is 1. The minimum Gasteiger partial charge on any atom is -0.322 e. The highest BCUT2D eigenvalue weighted by Crippen LogP contribution is 2.32. The Morgan fingerprint density at radius 1 is 0.750 bits per heavy atom. The minimum atomic E-state index is -0.406. The van der Waals surface area contributed by atoms with Crippen molar-refractivity contribution in [3.63, 3.8) is 0 Å². The molecule has 0 radical (unpaired) electrons. The minimum absolute atomic E-state index is 0.266. The standard InChI is InChI=1S/C31H21Cl3N4O2/c1-18(20-5-4-6-23(15-20)35-30(39)19-9-11-21(32)12-10-19)37-38-31(40)26-17-29(25-14-13-22(33)16-27(25)34)36-28-8-3-2-7-24(26)28/h2-17H,1H3,(H,35,39)(H,38,40)/b37-18-. The van der Waals surface area contributed by atoms with Gasteiger partial charge in [0.25, 0.3) is 11.8 Å². The van der Waals surface area contributed by atoms with Crippen LogP contribution in [0.3, 0.4) is 0 Å². The molecule has 0 aliphatic rings. The van der Waals surface area contributed by atoms with E-state index in [1.807, 2.05) is 30.3 Å². The Labute approximate surface area is 245 Å². The molecule has 0 aliphatic carbocycles. The van der Waals surface area contributed by atoms with Crippen LogP contribution in [0.2, 0.25) is 15.1 Å². The Hall–Kier alpha value is -4.23. The summed E-state index contributed by atoms with van der Waals surface area (Å²) in [6.45, 7) is 1.77. The Morgan fingerprint density at radius 2 is 1.50 bits per heavy atom. The average molecular weight is 588 g/mol. The molecule has 2 N–H and O–H groups in total. The zero-order valence-corrected chi connectivity index (χ0v) is 23.4. The molecule has 40 heavy (non-hydrogen) atoms. The van der Waals surface area contributed by atoms with E-state index in [0.717, 1.165) is 5.56 Å². The largest absolute Gasteiger partial charge is 0.322 e. The predicted molar refractivity (Wildman–Crippen MR) is 163 cm³/mol. The lowest BCUT2D eigenvalue weighted by Gasteiger charge is -2.11. The van der Waals surface area contributed by atoms with Crippen molar-refractivity contribution in [1.82, 2.24) is 10.4 Å². The van der Waals surface area contributed by atoms with E-state index in [9.17, 15) is 9.59 Å². The van der Waals surface area contributed by atoms with Crippen LogP contribution < -0.4 is 10.7 Å². The summed E-state index contributed by atoms with van der Waals surface area (Å²) < 4.78 is 0. The molecule has 0 fully saturated rings. The molecule has 9 heteroatoms. The van der Waals surface area contributed by atoms with Crippen molar-refractivity contribution < 1.29 is 9.59 Å². The van der Waals surface area contributed by atoms with E-state index >= 15 is 0 Å². The van der Waals surface area contributed by atoms with Crippen LogP contribution in [0.4, 0.5) is 5.69 Å². The number of amides is 2. The number of pyridine rings is 1. The quantitative estimate of drug-likeness (QED) is 0.155. The van der Waals surface area contributed by atoms with Crippen molar-refractivity contribution in [1.29, 1.82) is 0 Å². The summed E-state index contributed by atoms with van der Waals surface area (Å²) in [5.74, 6) is -0.672. The maximum atomic E-state index is 13.3. The fourth-order valence-electron chi connectivity index (χ4n) is 4.08. The van der Waals surface area contributed by atoms with Gasteiger partial charge in [0, 0.05) is 32.2 Å². The van der Waals surface area contributed by atoms with Crippen LogP contribution in [0.1, 0.15) is 33.2 Å². The predicted octanol–water partition coefficient (Wildman–Crippen LogP) is 8.27. The summed E-state index contributed by atoms with van der Waals surface area (Å²) in [6.07, 6.45) is 0. The first-order chi connectivity index (χ1) is 19.3. The number of carbonyl (C=O) groups excluding carboxylic acids is 2. The number of hydrogen-bond donors (Lipinski definition) is 2. The number of halogens is 3. The van der Waals surface area contributed by atoms with Crippen molar-refractivity contribution in [3.05, 3.63) is 129 Å². The molecular formula is C31H21Cl3N4O2. The lowest BCUT2D eigenvalue weighted by molar-refractivity contribution is 0.0955. The molecule has 0 bridgehead atoms. The summed E-state index contributed by atoms with van der Waals surface area (Å²) in [5.41, 5.74) is 7.22. The highest BCUT2D eigenvalue weighted by atomic mass is 35.5. The van der Waals surface area contributed by atoms with E-state index in [1.165, 1.54) is 0 Å². The fourth-order valence-corrected chi connectivity index (χ4v) is 4.72. The lowest BCUT2D eigenvalue weighted by atomic mass is 10.0. The SMILES string of the molecule is C/C(=N/NC(=O)c1cc(-c2ccc(Cl)cc2Cl)nc2ccccc12)c1cccc(NC(=O)c2ccc(Cl)cc2)c1. The number of rotatable bonds is 6. The molecule has 0 unspecified atom stereocenters. The third-order valence-electron chi connectivity index (χ3n) is 6.14. The first-order valence-corrected chi connectivity index (χ1v) is 13.3. The zero-order valence-electron chi connectivity index (χ0n) is 21.1. The van der Waals surface area contributed by atoms with Crippen molar-refractivity contribution in [2.45, 2.75) is 6.92 Å². The van der Waals surface area contributed by atoms with Gasteiger partial charge < -0.3 is 5.32 Å². The average Bonchev–Trinajstić information content (AvgIpc) is 2.95. The Balaban J connectivity index is 1.38. The zero-order chi connectivity index (χ0) is 28.2. The molecule has 5 rings (SSSR count). The highest BCUT2D eigenvalue weighted by molar-refractivity contribution is 6.36. The molecule has 0 atom stereocenters. The van der Waals surface area contributed by atoms with Crippen molar-refractivity contribution in [3.8, 4) is 11.3 Å². The molecule has 1 aromatic heterocycles. The van der Waals surface area contributed by atoms with Crippen LogP contribution in [0.15, 0.2) is 102 Å². The maximum absolute atomic E-state index is 13.3. The number of para-hydroxylation sites is 1. The van der Waals surface area contributed by atoms with Gasteiger partial charge >= 0.3 is 0 Å². The second-order valence-corrected chi connectivity index (χ2v) is 10.2.